The zero-order valence-electron chi connectivity index (χ0n) is 7.64. The van der Waals surface area contributed by atoms with Gasteiger partial charge >= 0.3 is 5.97 Å². The standard InChI is InChI=1S/C9H9N3O2/c1-7(4-9(13)14)6-12-3-2-11-8(12)5-10/h2-4H,6H2,1H3,(H,13,14). The number of allylic oxidation sites excluding steroid dienone is 1. The maximum absolute atomic E-state index is 10.3. The van der Waals surface area contributed by atoms with Gasteiger partial charge in [-0.3, -0.25) is 0 Å². The van der Waals surface area contributed by atoms with Gasteiger partial charge in [0.15, 0.2) is 0 Å². The molecule has 0 fully saturated rings. The van der Waals surface area contributed by atoms with Crippen LogP contribution in [0.2, 0.25) is 0 Å². The molecule has 0 radical (unpaired) electrons. The monoisotopic (exact) mass is 191 g/mol. The fourth-order valence-corrected chi connectivity index (χ4v) is 1.07. The lowest BCUT2D eigenvalue weighted by atomic mass is 10.3. The van der Waals surface area contributed by atoms with Crippen molar-refractivity contribution in [3.05, 3.63) is 29.9 Å². The Morgan fingerprint density at radius 2 is 2.57 bits per heavy atom. The summed E-state index contributed by atoms with van der Waals surface area (Å²) in [6, 6.07) is 1.91. The zero-order chi connectivity index (χ0) is 10.6. The molecule has 5 heteroatoms. The van der Waals surface area contributed by atoms with Crippen molar-refractivity contribution in [2.45, 2.75) is 13.5 Å². The van der Waals surface area contributed by atoms with Gasteiger partial charge in [0, 0.05) is 25.0 Å². The highest BCUT2D eigenvalue weighted by Crippen LogP contribution is 2.02. The van der Waals surface area contributed by atoms with Crippen LogP contribution in [-0.2, 0) is 11.3 Å². The predicted molar refractivity (Wildman–Crippen MR) is 48.3 cm³/mol. The van der Waals surface area contributed by atoms with Gasteiger partial charge in [-0.05, 0) is 12.5 Å². The second-order valence-corrected chi connectivity index (χ2v) is 2.82. The van der Waals surface area contributed by atoms with Crippen LogP contribution in [0.15, 0.2) is 24.0 Å². The van der Waals surface area contributed by atoms with E-state index in [1.807, 2.05) is 6.07 Å². The summed E-state index contributed by atoms with van der Waals surface area (Å²) in [7, 11) is 0. The number of carbonyl (C=O) groups is 1. The summed E-state index contributed by atoms with van der Waals surface area (Å²) < 4.78 is 1.59. The molecule has 14 heavy (non-hydrogen) atoms. The molecule has 0 aliphatic carbocycles. The molecule has 1 heterocycles. The van der Waals surface area contributed by atoms with Crippen molar-refractivity contribution in [2.24, 2.45) is 0 Å². The average Bonchev–Trinajstić information content (AvgIpc) is 2.50. The van der Waals surface area contributed by atoms with Crippen LogP contribution in [0.4, 0.5) is 0 Å². The summed E-state index contributed by atoms with van der Waals surface area (Å²) in [5.41, 5.74) is 0.659. The summed E-state index contributed by atoms with van der Waals surface area (Å²) in [5.74, 6) is -0.704. The van der Waals surface area contributed by atoms with Crippen LogP contribution < -0.4 is 0 Å². The highest BCUT2D eigenvalue weighted by Gasteiger charge is 2.02. The minimum atomic E-state index is -0.985. The van der Waals surface area contributed by atoms with E-state index >= 15 is 0 Å². The van der Waals surface area contributed by atoms with Crippen LogP contribution in [0.1, 0.15) is 12.7 Å². The third kappa shape index (κ3) is 2.45. The highest BCUT2D eigenvalue weighted by molar-refractivity contribution is 5.80. The molecule has 0 bridgehead atoms. The van der Waals surface area contributed by atoms with Crippen molar-refractivity contribution in [2.75, 3.05) is 0 Å². The number of carboxylic acids is 1. The number of hydrogen-bond donors (Lipinski definition) is 1. The maximum atomic E-state index is 10.3. The van der Waals surface area contributed by atoms with E-state index in [1.165, 1.54) is 6.20 Å². The largest absolute Gasteiger partial charge is 0.478 e. The molecule has 5 nitrogen and oxygen atoms in total. The molecule has 72 valence electrons. The Morgan fingerprint density at radius 3 is 3.14 bits per heavy atom. The van der Waals surface area contributed by atoms with Gasteiger partial charge in [0.1, 0.15) is 6.07 Å². The van der Waals surface area contributed by atoms with Crippen LogP contribution in [0.25, 0.3) is 0 Å². The van der Waals surface area contributed by atoms with E-state index in [4.69, 9.17) is 10.4 Å². The lowest BCUT2D eigenvalue weighted by Gasteiger charge is -2.02. The quantitative estimate of drug-likeness (QED) is 0.716. The lowest BCUT2D eigenvalue weighted by molar-refractivity contribution is -0.131. The molecule has 0 amide bonds. The molecule has 1 rings (SSSR count). The number of aliphatic carboxylic acids is 1. The van der Waals surface area contributed by atoms with Gasteiger partial charge in [0.25, 0.3) is 0 Å². The fraction of sp³-hybridized carbons (Fsp3) is 0.222. The summed E-state index contributed by atoms with van der Waals surface area (Å²) in [6.45, 7) is 2.06. The molecule has 0 spiro atoms. The molecule has 0 saturated heterocycles. The molecule has 0 aromatic carbocycles. The van der Waals surface area contributed by atoms with E-state index in [-0.39, 0.29) is 5.82 Å². The Kier molecular flexibility index (Phi) is 3.02. The average molecular weight is 191 g/mol. The topological polar surface area (TPSA) is 78.9 Å². The molecular formula is C9H9N3O2. The molecule has 0 atom stereocenters. The third-order valence-electron chi connectivity index (χ3n) is 1.61. The van der Waals surface area contributed by atoms with E-state index in [9.17, 15) is 4.79 Å². The summed E-state index contributed by atoms with van der Waals surface area (Å²) in [6.07, 6.45) is 4.26. The number of nitrogens with zero attached hydrogens (tertiary/aromatic N) is 3. The Morgan fingerprint density at radius 1 is 1.86 bits per heavy atom. The maximum Gasteiger partial charge on any atom is 0.328 e. The molecule has 1 N–H and O–H groups in total. The first-order chi connectivity index (χ1) is 6.63. The number of aromatic nitrogens is 2. The van der Waals surface area contributed by atoms with Crippen LogP contribution in [0.3, 0.4) is 0 Å². The van der Waals surface area contributed by atoms with Crippen LogP contribution in [0, 0.1) is 11.3 Å². The molecule has 1 aromatic heterocycles. The number of nitriles is 1. The van der Waals surface area contributed by atoms with Gasteiger partial charge in [0.2, 0.25) is 5.82 Å². The number of carboxylic acid groups (broad SMARTS) is 1. The van der Waals surface area contributed by atoms with E-state index < -0.39 is 5.97 Å². The fourth-order valence-electron chi connectivity index (χ4n) is 1.07. The molecular weight excluding hydrogens is 182 g/mol. The van der Waals surface area contributed by atoms with Gasteiger partial charge < -0.3 is 9.67 Å². The van der Waals surface area contributed by atoms with Crippen LogP contribution in [0.5, 0.6) is 0 Å². The Balaban J connectivity index is 2.80. The van der Waals surface area contributed by atoms with Gasteiger partial charge in [-0.2, -0.15) is 5.26 Å². The van der Waals surface area contributed by atoms with E-state index in [0.29, 0.717) is 12.1 Å². The van der Waals surface area contributed by atoms with Crippen molar-refractivity contribution in [3.8, 4) is 6.07 Å². The molecule has 1 aromatic rings. The van der Waals surface area contributed by atoms with Crippen molar-refractivity contribution >= 4 is 5.97 Å². The molecule has 0 aliphatic rings. The van der Waals surface area contributed by atoms with E-state index in [0.717, 1.165) is 6.08 Å². The van der Waals surface area contributed by atoms with Crippen molar-refractivity contribution in [1.82, 2.24) is 9.55 Å². The first-order valence-corrected chi connectivity index (χ1v) is 3.95. The first-order valence-electron chi connectivity index (χ1n) is 3.95. The second-order valence-electron chi connectivity index (χ2n) is 2.82. The summed E-state index contributed by atoms with van der Waals surface area (Å²) in [4.78, 5) is 14.1. The van der Waals surface area contributed by atoms with Gasteiger partial charge in [0.05, 0.1) is 0 Å². The minimum absolute atomic E-state index is 0.281. The molecule has 0 unspecified atom stereocenters. The molecule has 0 saturated carbocycles. The Hall–Kier alpha value is -2.09. The Bertz CT molecular complexity index is 412. The second kappa shape index (κ2) is 4.23. The van der Waals surface area contributed by atoms with E-state index in [2.05, 4.69) is 4.98 Å². The zero-order valence-corrected chi connectivity index (χ0v) is 7.64. The Labute approximate surface area is 80.9 Å². The van der Waals surface area contributed by atoms with Crippen LogP contribution in [-0.4, -0.2) is 20.6 Å². The van der Waals surface area contributed by atoms with Crippen molar-refractivity contribution in [3.63, 3.8) is 0 Å². The summed E-state index contributed by atoms with van der Waals surface area (Å²) >= 11 is 0. The van der Waals surface area contributed by atoms with Gasteiger partial charge in [-0.25, -0.2) is 9.78 Å². The van der Waals surface area contributed by atoms with Crippen molar-refractivity contribution in [1.29, 1.82) is 5.26 Å². The number of hydrogen-bond acceptors (Lipinski definition) is 3. The number of rotatable bonds is 3. The van der Waals surface area contributed by atoms with E-state index in [1.54, 1.807) is 17.7 Å². The van der Waals surface area contributed by atoms with Crippen LogP contribution >= 0.6 is 0 Å². The summed E-state index contributed by atoms with van der Waals surface area (Å²) in [5, 5.41) is 17.1. The predicted octanol–water partition coefficient (Wildman–Crippen LogP) is 0.786. The highest BCUT2D eigenvalue weighted by atomic mass is 16.4. The smallest absolute Gasteiger partial charge is 0.328 e. The third-order valence-corrected chi connectivity index (χ3v) is 1.61. The van der Waals surface area contributed by atoms with Gasteiger partial charge in [-0.1, -0.05) is 0 Å². The SMILES string of the molecule is CC(=CC(=O)O)Cn1ccnc1C#N. The lowest BCUT2D eigenvalue weighted by Crippen LogP contribution is -2.02. The minimum Gasteiger partial charge on any atom is -0.478 e. The molecule has 0 aliphatic heterocycles. The van der Waals surface area contributed by atoms with Crippen molar-refractivity contribution < 1.29 is 9.90 Å². The number of imidazole rings is 1. The first kappa shape index (κ1) is 9.99. The normalized spacial score (nSPS) is 11.0. The van der Waals surface area contributed by atoms with Gasteiger partial charge in [-0.15, -0.1) is 0 Å².